The molecule has 0 N–H and O–H groups in total. The standard InChI is InChI=1S/C10H18IN/c1-10(11)4-6-12(7-5-10)8-9-2-3-9/h9H,2-8H2,1H3. The van der Waals surface area contributed by atoms with Gasteiger partial charge in [0.15, 0.2) is 0 Å². The van der Waals surface area contributed by atoms with Gasteiger partial charge in [0, 0.05) is 9.97 Å². The molecule has 1 nitrogen and oxygen atoms in total. The molecule has 0 unspecified atom stereocenters. The Morgan fingerprint density at radius 3 is 2.42 bits per heavy atom. The smallest absolute Gasteiger partial charge is 0.0218 e. The number of piperidine rings is 1. The Balaban J connectivity index is 1.73. The monoisotopic (exact) mass is 279 g/mol. The van der Waals surface area contributed by atoms with Crippen LogP contribution in [-0.2, 0) is 0 Å². The summed E-state index contributed by atoms with van der Waals surface area (Å²) in [4.78, 5) is 2.66. The molecule has 2 aliphatic rings. The van der Waals surface area contributed by atoms with Crippen molar-refractivity contribution >= 4 is 22.6 Å². The van der Waals surface area contributed by atoms with Crippen molar-refractivity contribution in [3.8, 4) is 0 Å². The largest absolute Gasteiger partial charge is 0.303 e. The maximum Gasteiger partial charge on any atom is 0.0218 e. The van der Waals surface area contributed by atoms with Crippen LogP contribution in [0.25, 0.3) is 0 Å². The predicted octanol–water partition coefficient (Wildman–Crippen LogP) is 2.69. The van der Waals surface area contributed by atoms with E-state index in [1.807, 2.05) is 0 Å². The summed E-state index contributed by atoms with van der Waals surface area (Å²) in [6.45, 7) is 6.47. The third-order valence-electron chi connectivity index (χ3n) is 3.11. The molecule has 0 aromatic rings. The Morgan fingerprint density at radius 2 is 1.92 bits per heavy atom. The van der Waals surface area contributed by atoms with Gasteiger partial charge in [-0.25, -0.2) is 0 Å². The lowest BCUT2D eigenvalue weighted by molar-refractivity contribution is 0.204. The molecule has 1 heterocycles. The maximum absolute atomic E-state index is 2.66. The van der Waals surface area contributed by atoms with Crippen molar-refractivity contribution in [3.63, 3.8) is 0 Å². The average Bonchev–Trinajstić information content (AvgIpc) is 2.77. The highest BCUT2D eigenvalue weighted by Crippen LogP contribution is 2.34. The summed E-state index contributed by atoms with van der Waals surface area (Å²) in [5, 5.41) is 0. The third kappa shape index (κ3) is 2.59. The maximum atomic E-state index is 2.66. The van der Waals surface area contributed by atoms with Gasteiger partial charge in [-0.05, 0) is 44.7 Å². The molecule has 0 radical (unpaired) electrons. The predicted molar refractivity (Wildman–Crippen MR) is 60.8 cm³/mol. The van der Waals surface area contributed by atoms with E-state index in [2.05, 4.69) is 34.4 Å². The molecule has 2 rings (SSSR count). The van der Waals surface area contributed by atoms with E-state index in [1.165, 1.54) is 45.3 Å². The van der Waals surface area contributed by atoms with Crippen molar-refractivity contribution in [2.45, 2.75) is 36.0 Å². The first-order valence-electron chi connectivity index (χ1n) is 5.07. The fourth-order valence-electron chi connectivity index (χ4n) is 1.87. The zero-order chi connectivity index (χ0) is 8.60. The van der Waals surface area contributed by atoms with Crippen LogP contribution >= 0.6 is 22.6 Å². The molecule has 1 saturated heterocycles. The Labute approximate surface area is 89.0 Å². The molecule has 12 heavy (non-hydrogen) atoms. The van der Waals surface area contributed by atoms with Gasteiger partial charge in [-0.3, -0.25) is 0 Å². The van der Waals surface area contributed by atoms with Crippen LogP contribution in [0, 0.1) is 5.92 Å². The fourth-order valence-corrected chi connectivity index (χ4v) is 2.35. The van der Waals surface area contributed by atoms with E-state index < -0.39 is 0 Å². The molecule has 1 aliphatic heterocycles. The van der Waals surface area contributed by atoms with E-state index >= 15 is 0 Å². The first-order valence-corrected chi connectivity index (χ1v) is 6.15. The Bertz CT molecular complexity index is 153. The minimum atomic E-state index is 0.595. The lowest BCUT2D eigenvalue weighted by atomic mass is 9.99. The van der Waals surface area contributed by atoms with Gasteiger partial charge in [0.2, 0.25) is 0 Å². The Kier molecular flexibility index (Phi) is 2.66. The van der Waals surface area contributed by atoms with E-state index in [4.69, 9.17) is 0 Å². The molecule has 0 aromatic heterocycles. The fraction of sp³-hybridized carbons (Fsp3) is 1.00. The summed E-state index contributed by atoms with van der Waals surface area (Å²) < 4.78 is 0.595. The molecular formula is C10H18IN. The summed E-state index contributed by atoms with van der Waals surface area (Å²) in [6.07, 6.45) is 5.77. The molecule has 0 amide bonds. The van der Waals surface area contributed by atoms with Crippen LogP contribution in [0.5, 0.6) is 0 Å². The summed E-state index contributed by atoms with van der Waals surface area (Å²) in [5.74, 6) is 1.07. The van der Waals surface area contributed by atoms with Crippen LogP contribution < -0.4 is 0 Å². The average molecular weight is 279 g/mol. The van der Waals surface area contributed by atoms with E-state index in [0.29, 0.717) is 3.42 Å². The van der Waals surface area contributed by atoms with Gasteiger partial charge in [0.25, 0.3) is 0 Å². The second-order valence-corrected chi connectivity index (χ2v) is 7.26. The molecule has 70 valence electrons. The Hall–Kier alpha value is 0.690. The normalized spacial score (nSPS) is 30.5. The molecule has 0 spiro atoms. The van der Waals surface area contributed by atoms with Crippen LogP contribution in [-0.4, -0.2) is 28.0 Å². The van der Waals surface area contributed by atoms with Gasteiger partial charge in [0.1, 0.15) is 0 Å². The lowest BCUT2D eigenvalue weighted by Gasteiger charge is -2.35. The third-order valence-corrected chi connectivity index (χ3v) is 4.19. The summed E-state index contributed by atoms with van der Waals surface area (Å²) >= 11 is 2.62. The highest BCUT2D eigenvalue weighted by atomic mass is 127. The van der Waals surface area contributed by atoms with Crippen molar-refractivity contribution in [3.05, 3.63) is 0 Å². The molecule has 0 aromatic carbocycles. The van der Waals surface area contributed by atoms with E-state index in [-0.39, 0.29) is 0 Å². The van der Waals surface area contributed by atoms with Crippen molar-refractivity contribution in [1.82, 2.24) is 4.90 Å². The van der Waals surface area contributed by atoms with Gasteiger partial charge >= 0.3 is 0 Å². The minimum absolute atomic E-state index is 0.595. The van der Waals surface area contributed by atoms with E-state index in [0.717, 1.165) is 5.92 Å². The van der Waals surface area contributed by atoms with Crippen molar-refractivity contribution in [2.24, 2.45) is 5.92 Å². The molecule has 2 heteroatoms. The van der Waals surface area contributed by atoms with Gasteiger partial charge in [-0.15, -0.1) is 0 Å². The second kappa shape index (κ2) is 3.45. The number of alkyl halides is 1. The quantitative estimate of drug-likeness (QED) is 0.555. The molecule has 1 aliphatic carbocycles. The highest BCUT2D eigenvalue weighted by Gasteiger charge is 2.30. The number of hydrogen-bond acceptors (Lipinski definition) is 1. The number of halogens is 1. The Morgan fingerprint density at radius 1 is 1.33 bits per heavy atom. The van der Waals surface area contributed by atoms with Crippen LogP contribution in [0.4, 0.5) is 0 Å². The summed E-state index contributed by atoms with van der Waals surface area (Å²) in [6, 6.07) is 0. The molecule has 2 fully saturated rings. The van der Waals surface area contributed by atoms with Gasteiger partial charge in [0.05, 0.1) is 0 Å². The molecular weight excluding hydrogens is 261 g/mol. The minimum Gasteiger partial charge on any atom is -0.303 e. The summed E-state index contributed by atoms with van der Waals surface area (Å²) in [5.41, 5.74) is 0. The number of nitrogens with zero attached hydrogens (tertiary/aromatic N) is 1. The van der Waals surface area contributed by atoms with Crippen LogP contribution in [0.15, 0.2) is 0 Å². The lowest BCUT2D eigenvalue weighted by Crippen LogP contribution is -2.40. The first-order chi connectivity index (χ1) is 5.66. The zero-order valence-corrected chi connectivity index (χ0v) is 10.0. The van der Waals surface area contributed by atoms with Crippen molar-refractivity contribution in [1.29, 1.82) is 0 Å². The zero-order valence-electron chi connectivity index (χ0n) is 7.85. The first kappa shape index (κ1) is 9.25. The van der Waals surface area contributed by atoms with Gasteiger partial charge < -0.3 is 4.90 Å². The van der Waals surface area contributed by atoms with Crippen molar-refractivity contribution in [2.75, 3.05) is 19.6 Å². The van der Waals surface area contributed by atoms with Crippen molar-refractivity contribution < 1.29 is 0 Å². The van der Waals surface area contributed by atoms with Gasteiger partial charge in [-0.2, -0.15) is 0 Å². The molecule has 0 bridgehead atoms. The highest BCUT2D eigenvalue weighted by molar-refractivity contribution is 14.1. The molecule has 1 saturated carbocycles. The van der Waals surface area contributed by atoms with Crippen LogP contribution in [0.3, 0.4) is 0 Å². The topological polar surface area (TPSA) is 3.24 Å². The second-order valence-electron chi connectivity index (χ2n) is 4.66. The SMILES string of the molecule is CC1(I)CCN(CC2CC2)CC1. The summed E-state index contributed by atoms with van der Waals surface area (Å²) in [7, 11) is 0. The van der Waals surface area contributed by atoms with Crippen LogP contribution in [0.1, 0.15) is 32.6 Å². The van der Waals surface area contributed by atoms with Crippen LogP contribution in [0.2, 0.25) is 0 Å². The van der Waals surface area contributed by atoms with Gasteiger partial charge in [-0.1, -0.05) is 29.5 Å². The van der Waals surface area contributed by atoms with E-state index in [9.17, 15) is 0 Å². The molecule has 0 atom stereocenters. The number of likely N-dealkylation sites (tertiary alicyclic amines) is 1. The van der Waals surface area contributed by atoms with E-state index in [1.54, 1.807) is 0 Å². The number of rotatable bonds is 2. The number of hydrogen-bond donors (Lipinski definition) is 0.